The third-order valence-corrected chi connectivity index (χ3v) is 4.26. The smallest absolute Gasteiger partial charge is 0.338 e. The number of para-hydroxylation sites is 1. The fourth-order valence-electron chi connectivity index (χ4n) is 2.99. The lowest BCUT2D eigenvalue weighted by atomic mass is 10.1. The minimum absolute atomic E-state index is 0.169. The Bertz CT molecular complexity index is 993. The second-order valence-corrected chi connectivity index (χ2v) is 5.84. The Hall–Kier alpha value is -3.54. The predicted octanol–water partition coefficient (Wildman–Crippen LogP) is 3.59. The number of hydrogen-bond acceptors (Lipinski definition) is 5. The third-order valence-electron chi connectivity index (χ3n) is 4.26. The number of esters is 1. The van der Waals surface area contributed by atoms with Crippen LogP contribution >= 0.6 is 0 Å². The Labute approximate surface area is 149 Å². The summed E-state index contributed by atoms with van der Waals surface area (Å²) in [5, 5.41) is 6.11. The molecule has 0 radical (unpaired) electrons. The summed E-state index contributed by atoms with van der Waals surface area (Å²) < 4.78 is 10.7. The molecule has 130 valence electrons. The fourth-order valence-corrected chi connectivity index (χ4v) is 2.99. The number of methoxy groups -OCH3 is 1. The van der Waals surface area contributed by atoms with Gasteiger partial charge in [-0.2, -0.15) is 0 Å². The molecule has 0 fully saturated rings. The lowest BCUT2D eigenvalue weighted by Crippen LogP contribution is -2.38. The van der Waals surface area contributed by atoms with Crippen LogP contribution in [0.25, 0.3) is 11.3 Å². The maximum atomic E-state index is 12.3. The molecule has 26 heavy (non-hydrogen) atoms. The number of furan rings is 1. The highest BCUT2D eigenvalue weighted by atomic mass is 16.5. The van der Waals surface area contributed by atoms with E-state index in [2.05, 4.69) is 10.6 Å². The summed E-state index contributed by atoms with van der Waals surface area (Å²) in [5.74, 6) is 0.465. The van der Waals surface area contributed by atoms with Crippen molar-refractivity contribution >= 4 is 17.6 Å². The van der Waals surface area contributed by atoms with Gasteiger partial charge in [0.05, 0.1) is 18.2 Å². The number of carbonyl (C=O) groups is 2. The van der Waals surface area contributed by atoms with Gasteiger partial charge in [0.2, 0.25) is 0 Å². The molecule has 1 amide bonds. The van der Waals surface area contributed by atoms with Gasteiger partial charge in [0.25, 0.3) is 5.91 Å². The molecule has 1 aliphatic heterocycles. The Kier molecular flexibility index (Phi) is 3.93. The van der Waals surface area contributed by atoms with Gasteiger partial charge in [-0.1, -0.05) is 30.3 Å². The molecule has 0 bridgehead atoms. The highest BCUT2D eigenvalue weighted by Crippen LogP contribution is 2.31. The van der Waals surface area contributed by atoms with Gasteiger partial charge in [-0.05, 0) is 30.3 Å². The minimum Gasteiger partial charge on any atom is -0.465 e. The van der Waals surface area contributed by atoms with Gasteiger partial charge >= 0.3 is 5.97 Å². The molecule has 1 aliphatic rings. The van der Waals surface area contributed by atoms with Crippen LogP contribution in [-0.4, -0.2) is 19.0 Å². The van der Waals surface area contributed by atoms with Crippen molar-refractivity contribution in [2.45, 2.75) is 6.17 Å². The maximum Gasteiger partial charge on any atom is 0.338 e. The lowest BCUT2D eigenvalue weighted by Gasteiger charge is -2.26. The molecule has 0 unspecified atom stereocenters. The van der Waals surface area contributed by atoms with Crippen molar-refractivity contribution in [2.75, 3.05) is 12.4 Å². The molecule has 1 aromatic heterocycles. The molecule has 0 spiro atoms. The van der Waals surface area contributed by atoms with Gasteiger partial charge in [-0.3, -0.25) is 4.79 Å². The fraction of sp³-hybridized carbons (Fsp3) is 0.100. The predicted molar refractivity (Wildman–Crippen MR) is 95.8 cm³/mol. The number of amides is 1. The Morgan fingerprint density at radius 2 is 1.69 bits per heavy atom. The number of hydrogen-bond donors (Lipinski definition) is 2. The maximum absolute atomic E-state index is 12.3. The average Bonchev–Trinajstić information content (AvgIpc) is 3.17. The van der Waals surface area contributed by atoms with Crippen LogP contribution in [0.3, 0.4) is 0 Å². The van der Waals surface area contributed by atoms with Crippen molar-refractivity contribution in [3.63, 3.8) is 0 Å². The highest BCUT2D eigenvalue weighted by Gasteiger charge is 2.27. The van der Waals surface area contributed by atoms with E-state index in [4.69, 9.17) is 9.15 Å². The molecule has 0 saturated carbocycles. The van der Waals surface area contributed by atoms with E-state index >= 15 is 0 Å². The van der Waals surface area contributed by atoms with Crippen LogP contribution in [0.4, 0.5) is 5.69 Å². The number of ether oxygens (including phenoxy) is 1. The van der Waals surface area contributed by atoms with E-state index in [0.29, 0.717) is 28.2 Å². The normalized spacial score (nSPS) is 15.6. The Morgan fingerprint density at radius 3 is 2.50 bits per heavy atom. The zero-order valence-corrected chi connectivity index (χ0v) is 14.0. The molecule has 4 rings (SSSR count). The molecular weight excluding hydrogens is 332 g/mol. The molecule has 1 atom stereocenters. The molecule has 6 heteroatoms. The van der Waals surface area contributed by atoms with Crippen molar-refractivity contribution in [1.82, 2.24) is 5.32 Å². The van der Waals surface area contributed by atoms with E-state index in [9.17, 15) is 9.59 Å². The number of rotatable bonds is 3. The first-order chi connectivity index (χ1) is 12.7. The van der Waals surface area contributed by atoms with Gasteiger partial charge in [0.15, 0.2) is 6.17 Å². The third kappa shape index (κ3) is 2.71. The van der Waals surface area contributed by atoms with Gasteiger partial charge < -0.3 is 19.8 Å². The molecule has 2 aromatic carbocycles. The summed E-state index contributed by atoms with van der Waals surface area (Å²) in [5.41, 5.74) is 2.38. The van der Waals surface area contributed by atoms with Crippen molar-refractivity contribution in [1.29, 1.82) is 0 Å². The van der Waals surface area contributed by atoms with Crippen molar-refractivity contribution in [2.24, 2.45) is 0 Å². The van der Waals surface area contributed by atoms with E-state index in [1.807, 2.05) is 24.3 Å². The molecule has 2 heterocycles. The molecule has 0 aliphatic carbocycles. The van der Waals surface area contributed by atoms with Crippen LogP contribution in [0, 0.1) is 0 Å². The first-order valence-electron chi connectivity index (χ1n) is 8.11. The highest BCUT2D eigenvalue weighted by molar-refractivity contribution is 6.01. The number of benzene rings is 2. The molecule has 2 N–H and O–H groups in total. The summed E-state index contributed by atoms with van der Waals surface area (Å²) in [4.78, 5) is 24.2. The van der Waals surface area contributed by atoms with Gasteiger partial charge in [-0.25, -0.2) is 4.79 Å². The first-order valence-corrected chi connectivity index (χ1v) is 8.11. The van der Waals surface area contributed by atoms with Crippen molar-refractivity contribution in [3.05, 3.63) is 77.6 Å². The zero-order chi connectivity index (χ0) is 18.1. The number of carbonyl (C=O) groups excluding carboxylic acids is 2. The van der Waals surface area contributed by atoms with Gasteiger partial charge in [0.1, 0.15) is 11.5 Å². The SMILES string of the molecule is COC(=O)c1ccccc1-c1ccc([C@H]2NC(=O)c3ccccc3N2)o1. The Balaban J connectivity index is 1.66. The average molecular weight is 348 g/mol. The molecule has 0 saturated heterocycles. The van der Waals surface area contributed by atoms with E-state index in [0.717, 1.165) is 5.69 Å². The number of fused-ring (bicyclic) bond motifs is 1. The first kappa shape index (κ1) is 16.0. The van der Waals surface area contributed by atoms with Crippen LogP contribution in [0.5, 0.6) is 0 Å². The van der Waals surface area contributed by atoms with E-state index in [1.54, 1.807) is 36.4 Å². The van der Waals surface area contributed by atoms with Crippen molar-refractivity contribution < 1.29 is 18.7 Å². The monoisotopic (exact) mass is 348 g/mol. The summed E-state index contributed by atoms with van der Waals surface area (Å²) in [6, 6.07) is 17.9. The summed E-state index contributed by atoms with van der Waals surface area (Å²) in [6.07, 6.45) is -0.489. The second kappa shape index (κ2) is 6.40. The van der Waals surface area contributed by atoms with Crippen LogP contribution in [0.2, 0.25) is 0 Å². The number of nitrogens with one attached hydrogen (secondary N) is 2. The minimum atomic E-state index is -0.489. The van der Waals surface area contributed by atoms with E-state index in [-0.39, 0.29) is 5.91 Å². The second-order valence-electron chi connectivity index (χ2n) is 5.84. The van der Waals surface area contributed by atoms with E-state index < -0.39 is 12.1 Å². The van der Waals surface area contributed by atoms with E-state index in [1.165, 1.54) is 7.11 Å². The van der Waals surface area contributed by atoms with Crippen LogP contribution < -0.4 is 10.6 Å². The van der Waals surface area contributed by atoms with Crippen LogP contribution in [0.1, 0.15) is 32.6 Å². The topological polar surface area (TPSA) is 80.6 Å². The standard InChI is InChI=1S/C20H16N2O4/c1-25-20(24)13-7-3-2-6-12(13)16-10-11-17(26-16)18-21-15-9-5-4-8-14(15)19(23)22-18/h2-11,18,21H,1H3,(H,22,23)/t18-/m1/s1. The molecule has 6 nitrogen and oxygen atoms in total. The lowest BCUT2D eigenvalue weighted by molar-refractivity contribution is 0.0601. The number of anilines is 1. The van der Waals surface area contributed by atoms with Crippen LogP contribution in [-0.2, 0) is 4.74 Å². The van der Waals surface area contributed by atoms with Gasteiger partial charge in [0, 0.05) is 11.3 Å². The van der Waals surface area contributed by atoms with Crippen molar-refractivity contribution in [3.8, 4) is 11.3 Å². The summed E-state index contributed by atoms with van der Waals surface area (Å²) in [6.45, 7) is 0. The Morgan fingerprint density at radius 1 is 0.962 bits per heavy atom. The quantitative estimate of drug-likeness (QED) is 0.707. The van der Waals surface area contributed by atoms with Gasteiger partial charge in [-0.15, -0.1) is 0 Å². The summed E-state index contributed by atoms with van der Waals surface area (Å²) >= 11 is 0. The van der Waals surface area contributed by atoms with Crippen LogP contribution in [0.15, 0.2) is 65.1 Å². The molecule has 3 aromatic rings. The zero-order valence-electron chi connectivity index (χ0n) is 14.0. The molecular formula is C20H16N2O4. The summed E-state index contributed by atoms with van der Waals surface area (Å²) in [7, 11) is 1.34. The largest absolute Gasteiger partial charge is 0.465 e.